The van der Waals surface area contributed by atoms with E-state index in [-0.39, 0.29) is 11.9 Å². The Morgan fingerprint density at radius 3 is 2.69 bits per heavy atom. The van der Waals surface area contributed by atoms with Crippen LogP contribution in [0.25, 0.3) is 0 Å². The van der Waals surface area contributed by atoms with Gasteiger partial charge in [-0.1, -0.05) is 5.16 Å². The van der Waals surface area contributed by atoms with Crippen molar-refractivity contribution in [1.29, 1.82) is 0 Å². The lowest BCUT2D eigenvalue weighted by molar-refractivity contribution is 0.0936. The van der Waals surface area contributed by atoms with Crippen molar-refractivity contribution in [2.24, 2.45) is 0 Å². The van der Waals surface area contributed by atoms with E-state index in [0.29, 0.717) is 24.5 Å². The molecule has 0 aliphatic rings. The molecule has 0 radical (unpaired) electrons. The van der Waals surface area contributed by atoms with Crippen LogP contribution in [0.3, 0.4) is 0 Å². The molecule has 1 N–H and O–H groups in total. The molecule has 3 rings (SSSR count). The van der Waals surface area contributed by atoms with E-state index in [2.05, 4.69) is 15.6 Å². The third kappa shape index (κ3) is 4.30. The van der Waals surface area contributed by atoms with Crippen LogP contribution in [0.15, 0.2) is 47.2 Å². The smallest absolute Gasteiger partial charge is 0.251 e. The van der Waals surface area contributed by atoms with Gasteiger partial charge in [0.15, 0.2) is 0 Å². The van der Waals surface area contributed by atoms with E-state index in [0.717, 1.165) is 17.0 Å². The summed E-state index contributed by atoms with van der Waals surface area (Å²) < 4.78 is 12.7. The van der Waals surface area contributed by atoms with Gasteiger partial charge in [-0.2, -0.15) is 5.10 Å². The van der Waals surface area contributed by atoms with Crippen molar-refractivity contribution in [1.82, 2.24) is 20.3 Å². The molecule has 136 valence electrons. The van der Waals surface area contributed by atoms with Crippen LogP contribution in [0, 0.1) is 13.8 Å². The number of carbonyl (C=O) groups is 1. The third-order valence-corrected chi connectivity index (χ3v) is 4.08. The zero-order valence-corrected chi connectivity index (χ0v) is 15.1. The van der Waals surface area contributed by atoms with Crippen molar-refractivity contribution in [3.05, 3.63) is 65.3 Å². The Balaban J connectivity index is 1.54. The summed E-state index contributed by atoms with van der Waals surface area (Å²) in [6.45, 7) is 6.69. The number of ether oxygens (including phenoxy) is 1. The monoisotopic (exact) mass is 354 g/mol. The molecule has 0 saturated carbocycles. The van der Waals surface area contributed by atoms with Crippen LogP contribution in [0.1, 0.15) is 34.3 Å². The van der Waals surface area contributed by atoms with Crippen LogP contribution in [0.5, 0.6) is 5.75 Å². The van der Waals surface area contributed by atoms with Gasteiger partial charge >= 0.3 is 0 Å². The van der Waals surface area contributed by atoms with E-state index in [9.17, 15) is 4.79 Å². The maximum Gasteiger partial charge on any atom is 0.251 e. The molecule has 0 unspecified atom stereocenters. The normalized spacial score (nSPS) is 12.0. The quantitative estimate of drug-likeness (QED) is 0.705. The van der Waals surface area contributed by atoms with Gasteiger partial charge in [-0.25, -0.2) is 0 Å². The number of nitrogens with zero attached hydrogens (tertiary/aromatic N) is 3. The van der Waals surface area contributed by atoms with Gasteiger partial charge < -0.3 is 14.6 Å². The Kier molecular flexibility index (Phi) is 5.36. The zero-order valence-electron chi connectivity index (χ0n) is 15.1. The minimum atomic E-state index is -0.123. The van der Waals surface area contributed by atoms with Crippen LogP contribution < -0.4 is 10.1 Å². The van der Waals surface area contributed by atoms with Crippen molar-refractivity contribution >= 4 is 5.91 Å². The fraction of sp³-hybridized carbons (Fsp3) is 0.316. The number of hydrogen-bond donors (Lipinski definition) is 1. The lowest BCUT2D eigenvalue weighted by Crippen LogP contribution is -2.35. The highest BCUT2D eigenvalue weighted by Crippen LogP contribution is 2.18. The SMILES string of the molecule is Cc1noc(C)c1COc1ccc(C(=O)N[C@H](C)Cn2cccn2)cc1. The average molecular weight is 354 g/mol. The maximum absolute atomic E-state index is 12.3. The van der Waals surface area contributed by atoms with Gasteiger partial charge in [0.2, 0.25) is 0 Å². The van der Waals surface area contributed by atoms with E-state index in [1.807, 2.05) is 33.0 Å². The number of amides is 1. The van der Waals surface area contributed by atoms with Gasteiger partial charge in [0.25, 0.3) is 5.91 Å². The molecule has 0 spiro atoms. The molecule has 1 aromatic carbocycles. The van der Waals surface area contributed by atoms with Crippen LogP contribution in [-0.2, 0) is 13.2 Å². The lowest BCUT2D eigenvalue weighted by atomic mass is 10.2. The second-order valence-corrected chi connectivity index (χ2v) is 6.22. The van der Waals surface area contributed by atoms with Crippen molar-refractivity contribution in [3.8, 4) is 5.75 Å². The molecule has 7 nitrogen and oxygen atoms in total. The minimum Gasteiger partial charge on any atom is -0.489 e. The average Bonchev–Trinajstić information content (AvgIpc) is 3.24. The number of rotatable bonds is 7. The highest BCUT2D eigenvalue weighted by atomic mass is 16.5. The van der Waals surface area contributed by atoms with Crippen molar-refractivity contribution < 1.29 is 14.1 Å². The fourth-order valence-electron chi connectivity index (χ4n) is 2.61. The molecule has 0 fully saturated rings. The number of hydrogen-bond acceptors (Lipinski definition) is 5. The van der Waals surface area contributed by atoms with E-state index in [1.54, 1.807) is 35.1 Å². The third-order valence-electron chi connectivity index (χ3n) is 4.08. The molecule has 0 aliphatic carbocycles. The molecule has 26 heavy (non-hydrogen) atoms. The lowest BCUT2D eigenvalue weighted by Gasteiger charge is -2.14. The fourth-order valence-corrected chi connectivity index (χ4v) is 2.61. The molecule has 0 bridgehead atoms. The Bertz CT molecular complexity index is 834. The molecule has 0 saturated heterocycles. The molecule has 1 atom stereocenters. The van der Waals surface area contributed by atoms with Crippen molar-refractivity contribution in [3.63, 3.8) is 0 Å². The van der Waals surface area contributed by atoms with Gasteiger partial charge in [-0.15, -0.1) is 0 Å². The van der Waals surface area contributed by atoms with Gasteiger partial charge in [0, 0.05) is 24.0 Å². The summed E-state index contributed by atoms with van der Waals surface area (Å²) in [4.78, 5) is 12.3. The molecular formula is C19H22N4O3. The summed E-state index contributed by atoms with van der Waals surface area (Å²) >= 11 is 0. The second-order valence-electron chi connectivity index (χ2n) is 6.22. The summed E-state index contributed by atoms with van der Waals surface area (Å²) in [6.07, 6.45) is 3.59. The summed E-state index contributed by atoms with van der Waals surface area (Å²) in [6, 6.07) is 8.89. The first-order valence-corrected chi connectivity index (χ1v) is 8.46. The van der Waals surface area contributed by atoms with E-state index >= 15 is 0 Å². The Labute approximate surface area is 151 Å². The summed E-state index contributed by atoms with van der Waals surface area (Å²) in [5.74, 6) is 1.32. The maximum atomic E-state index is 12.3. The van der Waals surface area contributed by atoms with Crippen LogP contribution in [-0.4, -0.2) is 26.9 Å². The van der Waals surface area contributed by atoms with Crippen LogP contribution in [0.2, 0.25) is 0 Å². The van der Waals surface area contributed by atoms with E-state index in [4.69, 9.17) is 9.26 Å². The van der Waals surface area contributed by atoms with Gasteiger partial charge in [-0.3, -0.25) is 9.48 Å². The van der Waals surface area contributed by atoms with Gasteiger partial charge in [-0.05, 0) is 51.1 Å². The Hall–Kier alpha value is -3.09. The highest BCUT2D eigenvalue weighted by molar-refractivity contribution is 5.94. The predicted molar refractivity (Wildman–Crippen MR) is 95.9 cm³/mol. The summed E-state index contributed by atoms with van der Waals surface area (Å²) in [7, 11) is 0. The summed E-state index contributed by atoms with van der Waals surface area (Å²) in [5, 5.41) is 11.0. The second kappa shape index (κ2) is 7.86. The molecule has 0 aliphatic heterocycles. The Morgan fingerprint density at radius 1 is 1.31 bits per heavy atom. The van der Waals surface area contributed by atoms with Gasteiger partial charge in [0.1, 0.15) is 18.1 Å². The van der Waals surface area contributed by atoms with Crippen LogP contribution >= 0.6 is 0 Å². The molecule has 3 aromatic rings. The Morgan fingerprint density at radius 2 is 2.08 bits per heavy atom. The van der Waals surface area contributed by atoms with E-state index in [1.165, 1.54) is 0 Å². The predicted octanol–water partition coefficient (Wildman–Crippen LogP) is 2.89. The van der Waals surface area contributed by atoms with E-state index < -0.39 is 0 Å². The number of benzene rings is 1. The largest absolute Gasteiger partial charge is 0.489 e. The zero-order chi connectivity index (χ0) is 18.5. The molecular weight excluding hydrogens is 332 g/mol. The number of nitrogens with one attached hydrogen (secondary N) is 1. The topological polar surface area (TPSA) is 82.2 Å². The minimum absolute atomic E-state index is 0.0298. The first-order chi connectivity index (χ1) is 12.5. The first kappa shape index (κ1) is 17.7. The number of carbonyl (C=O) groups excluding carboxylic acids is 1. The number of aryl methyl sites for hydroxylation is 2. The highest BCUT2D eigenvalue weighted by Gasteiger charge is 2.12. The molecule has 1 amide bonds. The van der Waals surface area contributed by atoms with Crippen molar-refractivity contribution in [2.45, 2.75) is 40.0 Å². The standard InChI is InChI=1S/C19H22N4O3/c1-13(11-23-10-4-9-20-23)21-19(24)16-5-7-17(8-6-16)25-12-18-14(2)22-26-15(18)3/h4-10,13H,11-12H2,1-3H3,(H,21,24)/t13-/m1/s1. The first-order valence-electron chi connectivity index (χ1n) is 8.46. The molecule has 2 heterocycles. The van der Waals surface area contributed by atoms with Gasteiger partial charge in [0.05, 0.1) is 17.8 Å². The molecule has 2 aromatic heterocycles. The number of aromatic nitrogens is 3. The van der Waals surface area contributed by atoms with Crippen LogP contribution in [0.4, 0.5) is 0 Å². The summed E-state index contributed by atoms with van der Waals surface area (Å²) in [5.41, 5.74) is 2.35. The van der Waals surface area contributed by atoms with Crippen molar-refractivity contribution in [2.75, 3.05) is 0 Å². The molecule has 7 heteroatoms.